The molecule has 0 N–H and O–H groups in total. The Morgan fingerprint density at radius 3 is 2.33 bits per heavy atom. The number of carbonyl (C=O) groups excluding carboxylic acids is 2. The van der Waals surface area contributed by atoms with Crippen LogP contribution in [0.25, 0.3) is 0 Å². The number of hydrogen-bond donors (Lipinski definition) is 0. The van der Waals surface area contributed by atoms with E-state index in [1.165, 1.54) is 17.0 Å². The Morgan fingerprint density at radius 2 is 1.80 bits per heavy atom. The molecule has 3 amide bonds. The third kappa shape index (κ3) is 3.09. The molecule has 30 heavy (non-hydrogen) atoms. The van der Waals surface area contributed by atoms with Crippen molar-refractivity contribution in [3.05, 3.63) is 48.3 Å². The van der Waals surface area contributed by atoms with E-state index in [2.05, 4.69) is 9.72 Å². The summed E-state index contributed by atoms with van der Waals surface area (Å²) in [6, 6.07) is 5.91. The second kappa shape index (κ2) is 6.72. The van der Waals surface area contributed by atoms with E-state index in [1.807, 2.05) is 20.8 Å². The fraction of sp³-hybridized carbons (Fsp3) is 0.381. The lowest BCUT2D eigenvalue weighted by Crippen LogP contribution is -2.39. The molecule has 9 heteroatoms. The monoisotopic (exact) mass is 419 g/mol. The van der Waals surface area contributed by atoms with Crippen LogP contribution in [0, 0.1) is 5.92 Å². The first kappa shape index (κ1) is 20.2. The number of anilines is 2. The predicted molar refractivity (Wildman–Crippen MR) is 103 cm³/mol. The average molecular weight is 419 g/mol. The molecule has 2 aromatic rings. The van der Waals surface area contributed by atoms with Gasteiger partial charge in [0.25, 0.3) is 5.91 Å². The van der Waals surface area contributed by atoms with E-state index >= 15 is 0 Å². The van der Waals surface area contributed by atoms with Gasteiger partial charge in [0.15, 0.2) is 0 Å². The molecule has 1 aromatic carbocycles. The maximum absolute atomic E-state index is 13.4. The zero-order valence-electron chi connectivity index (χ0n) is 16.6. The number of nitrogens with zero attached hydrogens (tertiary/aromatic N) is 3. The number of carbonyl (C=O) groups is 2. The third-order valence-corrected chi connectivity index (χ3v) is 5.65. The highest BCUT2D eigenvalue weighted by atomic mass is 19.4. The molecule has 2 heterocycles. The minimum absolute atomic E-state index is 0.0417. The van der Waals surface area contributed by atoms with Gasteiger partial charge in [-0.25, -0.2) is 9.69 Å². The third-order valence-electron chi connectivity index (χ3n) is 5.65. The van der Waals surface area contributed by atoms with Crippen LogP contribution in [0.5, 0.6) is 5.75 Å². The molecule has 2 atom stereocenters. The van der Waals surface area contributed by atoms with E-state index in [0.717, 1.165) is 22.6 Å². The maximum atomic E-state index is 13.4. The molecule has 1 aliphatic heterocycles. The second-order valence-electron chi connectivity index (χ2n) is 7.92. The van der Waals surface area contributed by atoms with Gasteiger partial charge in [-0.3, -0.25) is 14.7 Å². The van der Waals surface area contributed by atoms with Crippen molar-refractivity contribution in [1.82, 2.24) is 4.98 Å². The Kier molecular flexibility index (Phi) is 4.52. The van der Waals surface area contributed by atoms with Crippen LogP contribution in [0.2, 0.25) is 0 Å². The summed E-state index contributed by atoms with van der Waals surface area (Å²) in [5, 5.41) is 0. The van der Waals surface area contributed by atoms with Crippen molar-refractivity contribution in [3.8, 4) is 5.75 Å². The Labute approximate surface area is 171 Å². The summed E-state index contributed by atoms with van der Waals surface area (Å²) in [7, 11) is 0. The zero-order valence-corrected chi connectivity index (χ0v) is 16.6. The number of urea groups is 1. The summed E-state index contributed by atoms with van der Waals surface area (Å²) in [5.74, 6) is -0.764. The van der Waals surface area contributed by atoms with Crippen molar-refractivity contribution in [3.63, 3.8) is 0 Å². The highest BCUT2D eigenvalue weighted by molar-refractivity contribution is 6.32. The molecule has 0 bridgehead atoms. The van der Waals surface area contributed by atoms with E-state index < -0.39 is 23.7 Å². The Hall–Kier alpha value is -3.10. The van der Waals surface area contributed by atoms with Crippen molar-refractivity contribution in [2.45, 2.75) is 45.0 Å². The lowest BCUT2D eigenvalue weighted by Gasteiger charge is -2.25. The molecule has 1 aliphatic carbocycles. The van der Waals surface area contributed by atoms with Crippen LogP contribution in [0.1, 0.15) is 38.7 Å². The number of rotatable bonds is 4. The molecule has 1 saturated carbocycles. The second-order valence-corrected chi connectivity index (χ2v) is 7.92. The largest absolute Gasteiger partial charge is 0.573 e. The van der Waals surface area contributed by atoms with Crippen LogP contribution in [-0.2, 0) is 4.79 Å². The summed E-state index contributed by atoms with van der Waals surface area (Å²) >= 11 is 0. The number of amides is 3. The molecular weight excluding hydrogens is 399 g/mol. The van der Waals surface area contributed by atoms with Gasteiger partial charge in [0, 0.05) is 12.4 Å². The number of benzene rings is 1. The number of hydrogen-bond acceptors (Lipinski definition) is 4. The first-order chi connectivity index (χ1) is 14.1. The molecule has 158 valence electrons. The van der Waals surface area contributed by atoms with Gasteiger partial charge >= 0.3 is 12.4 Å². The van der Waals surface area contributed by atoms with Gasteiger partial charge in [-0.15, -0.1) is 13.2 Å². The Bertz CT molecular complexity index is 1010. The van der Waals surface area contributed by atoms with Gasteiger partial charge in [0.1, 0.15) is 11.3 Å². The van der Waals surface area contributed by atoms with E-state index in [4.69, 9.17) is 0 Å². The molecule has 1 spiro atoms. The Balaban J connectivity index is 1.73. The standard InChI is InChI=1S/C21H20F3N3O3/c1-12(2)16-11-25-9-8-17(16)27-19(29)26(18(28)20(27)10-13(20)3)14-4-6-15(7-5-14)30-21(22,23)24/h4-9,11-13H,10H2,1-3H3. The Morgan fingerprint density at radius 1 is 1.17 bits per heavy atom. The zero-order chi connectivity index (χ0) is 21.8. The van der Waals surface area contributed by atoms with Crippen LogP contribution >= 0.6 is 0 Å². The smallest absolute Gasteiger partial charge is 0.406 e. The molecule has 6 nitrogen and oxygen atoms in total. The molecule has 2 fully saturated rings. The number of alkyl halides is 3. The topological polar surface area (TPSA) is 62.7 Å². The molecule has 1 aromatic heterocycles. The van der Waals surface area contributed by atoms with Gasteiger partial charge in [-0.1, -0.05) is 20.8 Å². The number of imide groups is 1. The summed E-state index contributed by atoms with van der Waals surface area (Å²) in [6.45, 7) is 5.85. The van der Waals surface area contributed by atoms with Gasteiger partial charge in [-0.05, 0) is 54.2 Å². The van der Waals surface area contributed by atoms with Crippen molar-refractivity contribution in [2.24, 2.45) is 5.92 Å². The summed E-state index contributed by atoms with van der Waals surface area (Å²) < 4.78 is 41.1. The highest BCUT2D eigenvalue weighted by Crippen LogP contribution is 2.56. The molecule has 1 saturated heterocycles. The van der Waals surface area contributed by atoms with Gasteiger partial charge in [0.2, 0.25) is 0 Å². The van der Waals surface area contributed by atoms with Gasteiger partial charge < -0.3 is 4.74 Å². The molecule has 2 unspecified atom stereocenters. The van der Waals surface area contributed by atoms with Crippen LogP contribution in [0.3, 0.4) is 0 Å². The van der Waals surface area contributed by atoms with Crippen molar-refractivity contribution in [2.75, 3.05) is 9.80 Å². The first-order valence-electron chi connectivity index (χ1n) is 9.54. The predicted octanol–water partition coefficient (Wildman–Crippen LogP) is 4.86. The van der Waals surface area contributed by atoms with Crippen LogP contribution < -0.4 is 14.5 Å². The minimum atomic E-state index is -4.82. The first-order valence-corrected chi connectivity index (χ1v) is 9.54. The summed E-state index contributed by atoms with van der Waals surface area (Å²) in [5.41, 5.74) is 0.680. The van der Waals surface area contributed by atoms with E-state index in [-0.39, 0.29) is 23.4 Å². The highest BCUT2D eigenvalue weighted by Gasteiger charge is 2.70. The van der Waals surface area contributed by atoms with E-state index in [9.17, 15) is 22.8 Å². The number of pyridine rings is 1. The lowest BCUT2D eigenvalue weighted by molar-refractivity contribution is -0.274. The molecule has 0 radical (unpaired) electrons. The maximum Gasteiger partial charge on any atom is 0.573 e. The van der Waals surface area contributed by atoms with E-state index in [0.29, 0.717) is 12.1 Å². The SMILES string of the molecule is CC(C)c1cnccc1N1C(=O)N(c2ccc(OC(F)(F)F)cc2)C(=O)C12CC2C. The molecular formula is C21H20F3N3O3. The van der Waals surface area contributed by atoms with Crippen LogP contribution in [0.4, 0.5) is 29.3 Å². The number of halogens is 3. The van der Waals surface area contributed by atoms with Crippen LogP contribution in [-0.4, -0.2) is 28.8 Å². The summed E-state index contributed by atoms with van der Waals surface area (Å²) in [6.07, 6.45) is -1.04. The molecule has 2 aliphatic rings. The van der Waals surface area contributed by atoms with E-state index in [1.54, 1.807) is 18.5 Å². The van der Waals surface area contributed by atoms with Gasteiger partial charge in [-0.2, -0.15) is 0 Å². The fourth-order valence-electron chi connectivity index (χ4n) is 4.05. The summed E-state index contributed by atoms with van der Waals surface area (Å²) in [4.78, 5) is 33.4. The minimum Gasteiger partial charge on any atom is -0.406 e. The number of ether oxygens (including phenoxy) is 1. The lowest BCUT2D eigenvalue weighted by atomic mass is 10.0. The van der Waals surface area contributed by atoms with Gasteiger partial charge in [0.05, 0.1) is 11.4 Å². The molecule has 4 rings (SSSR count). The average Bonchev–Trinajstić information content (AvgIpc) is 3.28. The van der Waals surface area contributed by atoms with Crippen LogP contribution in [0.15, 0.2) is 42.7 Å². The fourth-order valence-corrected chi connectivity index (χ4v) is 4.05. The quantitative estimate of drug-likeness (QED) is 0.665. The number of aromatic nitrogens is 1. The van der Waals surface area contributed by atoms with Crippen molar-refractivity contribution in [1.29, 1.82) is 0 Å². The normalized spacial score (nSPS) is 23.6. The van der Waals surface area contributed by atoms with Crippen molar-refractivity contribution >= 4 is 23.3 Å². The van der Waals surface area contributed by atoms with Crippen molar-refractivity contribution < 1.29 is 27.5 Å².